The van der Waals surface area contributed by atoms with Gasteiger partial charge in [-0.15, -0.1) is 0 Å². The predicted octanol–water partition coefficient (Wildman–Crippen LogP) is 10.9. The third-order valence-electron chi connectivity index (χ3n) is 9.42. The van der Waals surface area contributed by atoms with Crippen molar-refractivity contribution in [1.29, 1.82) is 0 Å². The lowest BCUT2D eigenvalue weighted by Crippen LogP contribution is -1.99. The van der Waals surface area contributed by atoms with Gasteiger partial charge in [-0.1, -0.05) is 121 Å². The summed E-state index contributed by atoms with van der Waals surface area (Å²) >= 11 is 0. The average Bonchev–Trinajstić information content (AvgIpc) is 3.79. The van der Waals surface area contributed by atoms with Crippen LogP contribution in [0.4, 0.5) is 0 Å². The minimum atomic E-state index is 0.916. The van der Waals surface area contributed by atoms with E-state index in [0.717, 1.165) is 45.1 Å². The van der Waals surface area contributed by atoms with E-state index < -0.39 is 0 Å². The van der Waals surface area contributed by atoms with Crippen molar-refractivity contribution >= 4 is 54.6 Å². The number of hydrogen-bond acceptors (Lipinski definition) is 1. The van der Waals surface area contributed by atoms with Crippen LogP contribution in [-0.2, 0) is 0 Å². The van der Waals surface area contributed by atoms with Crippen LogP contribution in [0, 0.1) is 0 Å². The van der Waals surface area contributed by atoms with Crippen molar-refractivity contribution in [1.82, 2.24) is 18.7 Å². The highest BCUT2D eigenvalue weighted by Crippen LogP contribution is 2.44. The van der Waals surface area contributed by atoms with Gasteiger partial charge in [0.25, 0.3) is 0 Å². The van der Waals surface area contributed by atoms with Crippen molar-refractivity contribution in [2.45, 2.75) is 0 Å². The summed E-state index contributed by atoms with van der Waals surface area (Å²) in [5.74, 6) is 0.916. The van der Waals surface area contributed by atoms with Gasteiger partial charge in [0.05, 0.1) is 21.9 Å². The Hall–Kier alpha value is -6.39. The van der Waals surface area contributed by atoms with Gasteiger partial charge in [-0.25, -0.2) is 4.98 Å². The van der Waals surface area contributed by atoms with Gasteiger partial charge in [-0.3, -0.25) is 9.13 Å². The van der Waals surface area contributed by atoms with E-state index in [1.165, 1.54) is 38.0 Å². The SMILES string of the molecule is c1ccc(-c2nc3c(c4c(ccc5c6ccccc6n(-c6ccc7ccccc7c6)c54)n3-c3ccccc3)n2-c2ccccc2)cc1. The van der Waals surface area contributed by atoms with Crippen LogP contribution in [0.1, 0.15) is 0 Å². The summed E-state index contributed by atoms with van der Waals surface area (Å²) in [6, 6.07) is 60.5. The van der Waals surface area contributed by atoms with Gasteiger partial charge >= 0.3 is 0 Å². The fourth-order valence-corrected chi connectivity index (χ4v) is 7.40. The number of imidazole rings is 1. The van der Waals surface area contributed by atoms with Gasteiger partial charge in [0.1, 0.15) is 11.3 Å². The lowest BCUT2D eigenvalue weighted by molar-refractivity contribution is 1.10. The van der Waals surface area contributed by atoms with Gasteiger partial charge in [0.15, 0.2) is 5.65 Å². The number of benzene rings is 7. The molecule has 0 fully saturated rings. The zero-order valence-corrected chi connectivity index (χ0v) is 25.5. The van der Waals surface area contributed by atoms with Crippen molar-refractivity contribution in [3.05, 3.63) is 170 Å². The van der Waals surface area contributed by atoms with Crippen LogP contribution in [0.3, 0.4) is 0 Å². The first-order valence-corrected chi connectivity index (χ1v) is 16.0. The van der Waals surface area contributed by atoms with E-state index in [1.807, 2.05) is 0 Å². The summed E-state index contributed by atoms with van der Waals surface area (Å²) in [6.07, 6.45) is 0. The first-order valence-electron chi connectivity index (χ1n) is 16.0. The van der Waals surface area contributed by atoms with Crippen molar-refractivity contribution in [2.24, 2.45) is 0 Å². The Balaban J connectivity index is 1.46. The Kier molecular flexibility index (Phi) is 5.54. The molecule has 4 nitrogen and oxygen atoms in total. The summed E-state index contributed by atoms with van der Waals surface area (Å²) in [4.78, 5) is 5.49. The molecule has 0 N–H and O–H groups in total. The van der Waals surface area contributed by atoms with Crippen molar-refractivity contribution in [2.75, 3.05) is 0 Å². The van der Waals surface area contributed by atoms with Crippen LogP contribution >= 0.6 is 0 Å². The molecule has 0 aliphatic rings. The molecule has 10 rings (SSSR count). The van der Waals surface area contributed by atoms with Gasteiger partial charge in [0, 0.05) is 33.4 Å². The van der Waals surface area contributed by atoms with Crippen molar-refractivity contribution < 1.29 is 0 Å². The first-order chi connectivity index (χ1) is 23.3. The highest BCUT2D eigenvalue weighted by atomic mass is 15.2. The minimum absolute atomic E-state index is 0.916. The second-order valence-corrected chi connectivity index (χ2v) is 12.1. The molecule has 0 spiro atoms. The third kappa shape index (κ3) is 3.79. The van der Waals surface area contributed by atoms with Crippen molar-refractivity contribution in [3.8, 4) is 28.5 Å². The fraction of sp³-hybridized carbons (Fsp3) is 0. The Morgan fingerprint density at radius 2 is 1.02 bits per heavy atom. The monoisotopic (exact) mass is 600 g/mol. The van der Waals surface area contributed by atoms with E-state index in [2.05, 4.69) is 184 Å². The number of nitrogens with zero attached hydrogens (tertiary/aromatic N) is 4. The Bertz CT molecular complexity index is 2770. The van der Waals surface area contributed by atoms with Gasteiger partial charge in [-0.05, 0) is 59.3 Å². The quantitative estimate of drug-likeness (QED) is 0.197. The Morgan fingerprint density at radius 3 is 1.79 bits per heavy atom. The maximum absolute atomic E-state index is 5.49. The maximum Gasteiger partial charge on any atom is 0.165 e. The maximum atomic E-state index is 5.49. The van der Waals surface area contributed by atoms with Crippen LogP contribution in [0.15, 0.2) is 170 Å². The molecule has 0 saturated carbocycles. The molecule has 0 atom stereocenters. The molecule has 0 amide bonds. The van der Waals surface area contributed by atoms with E-state index >= 15 is 0 Å². The van der Waals surface area contributed by atoms with Crippen molar-refractivity contribution in [3.63, 3.8) is 0 Å². The van der Waals surface area contributed by atoms with Crippen LogP contribution in [0.5, 0.6) is 0 Å². The van der Waals surface area contributed by atoms with E-state index in [1.54, 1.807) is 0 Å². The number of para-hydroxylation sites is 3. The lowest BCUT2D eigenvalue weighted by Gasteiger charge is -2.13. The van der Waals surface area contributed by atoms with E-state index in [-0.39, 0.29) is 0 Å². The molecule has 0 unspecified atom stereocenters. The zero-order chi connectivity index (χ0) is 30.9. The number of hydrogen-bond donors (Lipinski definition) is 0. The summed E-state index contributed by atoms with van der Waals surface area (Å²) in [5, 5.41) is 6.07. The Morgan fingerprint density at radius 1 is 0.383 bits per heavy atom. The van der Waals surface area contributed by atoms with E-state index in [9.17, 15) is 0 Å². The normalized spacial score (nSPS) is 11.8. The average molecular weight is 601 g/mol. The summed E-state index contributed by atoms with van der Waals surface area (Å²) in [7, 11) is 0. The van der Waals surface area contributed by atoms with Gasteiger partial charge in [-0.2, -0.15) is 0 Å². The molecular formula is C43H28N4. The standard InChI is InChI=1S/C43H28N4/c1-4-15-30(16-5-1)42-44-43-41(47(42)33-20-8-3-9-21-33)39-38(46(43)32-18-6-2-7-19-32)27-26-36-35-22-12-13-23-37(35)45(40(36)39)34-25-24-29-14-10-11-17-31(29)28-34/h1-28H. The molecular weight excluding hydrogens is 573 g/mol. The van der Waals surface area contributed by atoms with Gasteiger partial charge < -0.3 is 4.57 Å². The molecule has 0 saturated heterocycles. The second kappa shape index (κ2) is 10.1. The van der Waals surface area contributed by atoms with Crippen LogP contribution in [-0.4, -0.2) is 18.7 Å². The molecule has 220 valence electrons. The molecule has 7 aromatic carbocycles. The van der Waals surface area contributed by atoms with Crippen LogP contribution in [0.2, 0.25) is 0 Å². The van der Waals surface area contributed by atoms with Crippen LogP contribution < -0.4 is 0 Å². The molecule has 4 heteroatoms. The molecule has 0 bridgehead atoms. The minimum Gasteiger partial charge on any atom is -0.308 e. The topological polar surface area (TPSA) is 27.7 Å². The molecule has 10 aromatic rings. The predicted molar refractivity (Wildman–Crippen MR) is 195 cm³/mol. The van der Waals surface area contributed by atoms with E-state index in [4.69, 9.17) is 4.98 Å². The molecule has 0 aliphatic heterocycles. The van der Waals surface area contributed by atoms with Crippen LogP contribution in [0.25, 0.3) is 83.1 Å². The largest absolute Gasteiger partial charge is 0.308 e. The number of rotatable bonds is 4. The lowest BCUT2D eigenvalue weighted by atomic mass is 10.1. The smallest absolute Gasteiger partial charge is 0.165 e. The first kappa shape index (κ1) is 25.9. The summed E-state index contributed by atoms with van der Waals surface area (Å²) < 4.78 is 7.14. The highest BCUT2D eigenvalue weighted by Gasteiger charge is 2.27. The summed E-state index contributed by atoms with van der Waals surface area (Å²) in [6.45, 7) is 0. The Labute approximate surface area is 271 Å². The second-order valence-electron chi connectivity index (χ2n) is 12.1. The molecule has 3 aromatic heterocycles. The number of fused-ring (bicyclic) bond motifs is 8. The third-order valence-corrected chi connectivity index (χ3v) is 9.42. The van der Waals surface area contributed by atoms with Gasteiger partial charge in [0.2, 0.25) is 0 Å². The fourth-order valence-electron chi connectivity index (χ4n) is 7.40. The highest BCUT2D eigenvalue weighted by molar-refractivity contribution is 6.25. The van der Waals surface area contributed by atoms with E-state index in [0.29, 0.717) is 0 Å². The molecule has 47 heavy (non-hydrogen) atoms. The summed E-state index contributed by atoms with van der Waals surface area (Å²) in [5.41, 5.74) is 9.86. The molecule has 3 heterocycles. The zero-order valence-electron chi connectivity index (χ0n) is 25.5. The molecule has 0 aliphatic carbocycles. The number of aromatic nitrogens is 4. The molecule has 0 radical (unpaired) electrons.